The van der Waals surface area contributed by atoms with E-state index in [1.54, 1.807) is 24.3 Å². The van der Waals surface area contributed by atoms with Crippen LogP contribution in [0.1, 0.15) is 42.1 Å². The molecule has 32 heavy (non-hydrogen) atoms. The first-order valence-electron chi connectivity index (χ1n) is 10.4. The molecule has 2 aromatic heterocycles. The molecule has 1 saturated heterocycles. The second-order valence-electron chi connectivity index (χ2n) is 7.68. The molecular formula is C21H25N5O5S. The standard InChI is InChI=1S/C21H25N5O5S/c1-25-17-8-7-15(32(29,30)26-11-3-2-4-12-26)14-16(17)22-19(25)9-10-20(27)23-24-21(28)18-6-5-13-31-18/h5-8,13-14H,2-4,9-12H2,1H3,(H,23,27)(H,24,28). The molecule has 0 unspecified atom stereocenters. The number of fused-ring (bicyclic) bond motifs is 1. The van der Waals surface area contributed by atoms with Crippen LogP contribution < -0.4 is 10.9 Å². The smallest absolute Gasteiger partial charge is 0.305 e. The van der Waals surface area contributed by atoms with E-state index < -0.39 is 15.9 Å². The van der Waals surface area contributed by atoms with Crippen LogP contribution >= 0.6 is 0 Å². The van der Waals surface area contributed by atoms with Gasteiger partial charge in [-0.25, -0.2) is 13.4 Å². The van der Waals surface area contributed by atoms with E-state index in [1.807, 2.05) is 11.6 Å². The first kappa shape index (κ1) is 22.0. The Labute approximate surface area is 185 Å². The predicted octanol–water partition coefficient (Wildman–Crippen LogP) is 1.73. The lowest BCUT2D eigenvalue weighted by Crippen LogP contribution is -2.41. The molecule has 3 heterocycles. The number of rotatable bonds is 6. The summed E-state index contributed by atoms with van der Waals surface area (Å²) in [6.07, 6.45) is 4.58. The van der Waals surface area contributed by atoms with E-state index in [0.29, 0.717) is 30.9 Å². The van der Waals surface area contributed by atoms with E-state index >= 15 is 0 Å². The Kier molecular flexibility index (Phi) is 6.28. The third-order valence-electron chi connectivity index (χ3n) is 5.53. The molecule has 2 N–H and O–H groups in total. The average molecular weight is 460 g/mol. The van der Waals surface area contributed by atoms with Crippen molar-refractivity contribution in [3.05, 3.63) is 48.2 Å². The Balaban J connectivity index is 1.41. The molecule has 1 fully saturated rings. The number of benzene rings is 1. The molecule has 0 aliphatic carbocycles. The lowest BCUT2D eigenvalue weighted by Gasteiger charge is -2.25. The monoisotopic (exact) mass is 459 g/mol. The van der Waals surface area contributed by atoms with Gasteiger partial charge < -0.3 is 8.98 Å². The number of hydrogen-bond acceptors (Lipinski definition) is 6. The van der Waals surface area contributed by atoms with Crippen LogP contribution in [0.4, 0.5) is 0 Å². The fourth-order valence-corrected chi connectivity index (χ4v) is 5.29. The Morgan fingerprint density at radius 1 is 1.12 bits per heavy atom. The zero-order valence-electron chi connectivity index (χ0n) is 17.7. The number of nitrogens with one attached hydrogen (secondary N) is 2. The van der Waals surface area contributed by atoms with E-state index in [1.165, 1.54) is 16.6 Å². The molecule has 11 heteroatoms. The minimum atomic E-state index is -3.54. The number of amides is 2. The molecule has 3 aromatic rings. The second kappa shape index (κ2) is 9.13. The van der Waals surface area contributed by atoms with Crippen molar-refractivity contribution in [1.82, 2.24) is 24.7 Å². The molecule has 1 aliphatic rings. The molecule has 0 bridgehead atoms. The van der Waals surface area contributed by atoms with Gasteiger partial charge in [-0.3, -0.25) is 20.4 Å². The number of hydrogen-bond donors (Lipinski definition) is 2. The lowest BCUT2D eigenvalue weighted by molar-refractivity contribution is -0.121. The molecule has 1 aromatic carbocycles. The number of furan rings is 1. The molecule has 10 nitrogen and oxygen atoms in total. The quantitative estimate of drug-likeness (QED) is 0.541. The predicted molar refractivity (Wildman–Crippen MR) is 116 cm³/mol. The van der Waals surface area contributed by atoms with Crippen molar-refractivity contribution in [2.45, 2.75) is 37.0 Å². The van der Waals surface area contributed by atoms with Crippen LogP contribution in [0.5, 0.6) is 0 Å². The first-order chi connectivity index (χ1) is 15.4. The summed E-state index contributed by atoms with van der Waals surface area (Å²) in [6, 6.07) is 8.00. The lowest BCUT2D eigenvalue weighted by atomic mass is 10.2. The number of aryl methyl sites for hydroxylation is 2. The highest BCUT2D eigenvalue weighted by Crippen LogP contribution is 2.24. The minimum Gasteiger partial charge on any atom is -0.459 e. The van der Waals surface area contributed by atoms with Gasteiger partial charge in [0.25, 0.3) is 0 Å². The third-order valence-corrected chi connectivity index (χ3v) is 7.43. The molecule has 0 radical (unpaired) electrons. The van der Waals surface area contributed by atoms with Gasteiger partial charge in [-0.1, -0.05) is 6.42 Å². The van der Waals surface area contributed by atoms with Gasteiger partial charge in [-0.15, -0.1) is 0 Å². The number of imidazole rings is 1. The summed E-state index contributed by atoms with van der Waals surface area (Å²) in [6.45, 7) is 1.08. The highest BCUT2D eigenvalue weighted by atomic mass is 32.2. The minimum absolute atomic E-state index is 0.0918. The van der Waals surface area contributed by atoms with Crippen LogP contribution in [0.2, 0.25) is 0 Å². The number of hydrazine groups is 1. The first-order valence-corrected chi connectivity index (χ1v) is 11.9. The number of piperidine rings is 1. The number of carbonyl (C=O) groups is 2. The van der Waals surface area contributed by atoms with Crippen LogP contribution in [0.3, 0.4) is 0 Å². The number of aromatic nitrogens is 2. The van der Waals surface area contributed by atoms with Gasteiger partial charge in [0.05, 0.1) is 22.2 Å². The van der Waals surface area contributed by atoms with Crippen LogP contribution in [0, 0.1) is 0 Å². The Morgan fingerprint density at radius 2 is 1.91 bits per heavy atom. The molecular weight excluding hydrogens is 434 g/mol. The fraction of sp³-hybridized carbons (Fsp3) is 0.381. The maximum atomic E-state index is 12.9. The van der Waals surface area contributed by atoms with Crippen LogP contribution in [0.25, 0.3) is 11.0 Å². The van der Waals surface area contributed by atoms with Gasteiger partial charge in [-0.05, 0) is 43.2 Å². The maximum Gasteiger partial charge on any atom is 0.305 e. The summed E-state index contributed by atoms with van der Waals surface area (Å²) in [5.41, 5.74) is 5.97. The topological polar surface area (TPSA) is 127 Å². The van der Waals surface area contributed by atoms with Crippen LogP contribution in [-0.4, -0.2) is 47.2 Å². The SMILES string of the molecule is Cn1c(CCC(=O)NNC(=O)c2ccco2)nc2cc(S(=O)(=O)N3CCCCC3)ccc21. The van der Waals surface area contributed by atoms with Gasteiger partial charge in [-0.2, -0.15) is 4.31 Å². The maximum absolute atomic E-state index is 12.9. The van der Waals surface area contributed by atoms with Crippen molar-refractivity contribution >= 4 is 32.9 Å². The molecule has 0 spiro atoms. The summed E-state index contributed by atoms with van der Waals surface area (Å²) < 4.78 is 34.2. The van der Waals surface area contributed by atoms with Crippen molar-refractivity contribution in [3.63, 3.8) is 0 Å². The van der Waals surface area contributed by atoms with Crippen molar-refractivity contribution in [1.29, 1.82) is 0 Å². The highest BCUT2D eigenvalue weighted by Gasteiger charge is 2.26. The average Bonchev–Trinajstić information content (AvgIpc) is 3.45. The molecule has 1 aliphatic heterocycles. The summed E-state index contributed by atoms with van der Waals surface area (Å²) in [5.74, 6) is -0.199. The highest BCUT2D eigenvalue weighted by molar-refractivity contribution is 7.89. The van der Waals surface area contributed by atoms with Gasteiger partial charge in [0.1, 0.15) is 5.82 Å². The number of nitrogens with zero attached hydrogens (tertiary/aromatic N) is 3. The number of carbonyl (C=O) groups excluding carboxylic acids is 2. The van der Waals surface area contributed by atoms with Crippen LogP contribution in [-0.2, 0) is 28.3 Å². The summed E-state index contributed by atoms with van der Waals surface area (Å²) in [7, 11) is -1.73. The molecule has 2 amide bonds. The largest absolute Gasteiger partial charge is 0.459 e. The molecule has 0 atom stereocenters. The summed E-state index contributed by atoms with van der Waals surface area (Å²) in [4.78, 5) is 28.7. The molecule has 4 rings (SSSR count). The summed E-state index contributed by atoms with van der Waals surface area (Å²) >= 11 is 0. The Hall–Kier alpha value is -3.18. The van der Waals surface area contributed by atoms with Crippen molar-refractivity contribution in [2.24, 2.45) is 7.05 Å². The van der Waals surface area contributed by atoms with E-state index in [-0.39, 0.29) is 23.0 Å². The van der Waals surface area contributed by atoms with Crippen molar-refractivity contribution < 1.29 is 22.4 Å². The van der Waals surface area contributed by atoms with E-state index in [4.69, 9.17) is 4.42 Å². The fourth-order valence-electron chi connectivity index (χ4n) is 3.75. The zero-order chi connectivity index (χ0) is 22.7. The van der Waals surface area contributed by atoms with Gasteiger partial charge >= 0.3 is 5.91 Å². The second-order valence-corrected chi connectivity index (χ2v) is 9.62. The Morgan fingerprint density at radius 3 is 2.62 bits per heavy atom. The van der Waals surface area contributed by atoms with Gasteiger partial charge in [0.2, 0.25) is 15.9 Å². The molecule has 0 saturated carbocycles. The van der Waals surface area contributed by atoms with Crippen LogP contribution in [0.15, 0.2) is 45.9 Å². The van der Waals surface area contributed by atoms with Crippen molar-refractivity contribution in [3.8, 4) is 0 Å². The van der Waals surface area contributed by atoms with E-state index in [0.717, 1.165) is 24.8 Å². The van der Waals surface area contributed by atoms with E-state index in [9.17, 15) is 18.0 Å². The molecule has 170 valence electrons. The van der Waals surface area contributed by atoms with Gasteiger partial charge in [0, 0.05) is 33.0 Å². The third kappa shape index (κ3) is 4.53. The normalized spacial score (nSPS) is 15.0. The summed E-state index contributed by atoms with van der Waals surface area (Å²) in [5, 5.41) is 0. The van der Waals surface area contributed by atoms with Gasteiger partial charge in [0.15, 0.2) is 5.76 Å². The Bertz CT molecular complexity index is 1230. The van der Waals surface area contributed by atoms with Crippen molar-refractivity contribution in [2.75, 3.05) is 13.1 Å². The number of sulfonamides is 1. The zero-order valence-corrected chi connectivity index (χ0v) is 18.5. The van der Waals surface area contributed by atoms with E-state index in [2.05, 4.69) is 15.8 Å².